The van der Waals surface area contributed by atoms with Crippen LogP contribution < -0.4 is 9.47 Å². The van der Waals surface area contributed by atoms with Gasteiger partial charge in [-0.1, -0.05) is 96.6 Å². The predicted octanol–water partition coefficient (Wildman–Crippen LogP) is 10.5. The number of alkyl halides is 3. The number of ether oxygens (including phenoxy) is 3. The van der Waals surface area contributed by atoms with Gasteiger partial charge >= 0.3 is 18.1 Å². The van der Waals surface area contributed by atoms with Crippen molar-refractivity contribution in [2.24, 2.45) is 0 Å². The third-order valence-corrected chi connectivity index (χ3v) is 7.83. The number of carbonyl (C=O) groups excluding carboxylic acids is 2. The van der Waals surface area contributed by atoms with Crippen LogP contribution in [-0.2, 0) is 4.74 Å². The van der Waals surface area contributed by atoms with Crippen molar-refractivity contribution in [1.82, 2.24) is 9.97 Å². The minimum Gasteiger partial charge on any atom is -0.490 e. The van der Waals surface area contributed by atoms with Crippen molar-refractivity contribution in [3.8, 4) is 22.9 Å². The topological polar surface area (TPSA) is 87.6 Å². The maximum Gasteiger partial charge on any atom is 0.425 e. The Morgan fingerprint density at radius 2 is 1.29 bits per heavy atom. The van der Waals surface area contributed by atoms with Crippen LogP contribution in [0.5, 0.6) is 11.5 Å². The molecule has 3 aromatic rings. The second-order valence-corrected chi connectivity index (χ2v) is 11.8. The largest absolute Gasteiger partial charge is 0.490 e. The normalized spacial score (nSPS) is 12.0. The average Bonchev–Trinajstić information content (AvgIpc) is 3.07. The highest BCUT2D eigenvalue weighted by atomic mass is 19.4. The highest BCUT2D eigenvalue weighted by Crippen LogP contribution is 2.29. The number of benzene rings is 2. The number of halogens is 4. The van der Waals surface area contributed by atoms with Gasteiger partial charge in [0.1, 0.15) is 0 Å². The molecular weight excluding hydrogens is 628 g/mol. The quantitative estimate of drug-likeness (QED) is 0.0481. The number of hydrogen-bond donors (Lipinski definition) is 0. The molecule has 0 amide bonds. The lowest BCUT2D eigenvalue weighted by Gasteiger charge is -2.20. The van der Waals surface area contributed by atoms with Gasteiger partial charge in [0.15, 0.2) is 29.2 Å². The molecular formula is C37H46F4N2O5. The summed E-state index contributed by atoms with van der Waals surface area (Å²) in [6.07, 6.45) is 9.28. The van der Waals surface area contributed by atoms with Crippen molar-refractivity contribution < 1.29 is 41.4 Å². The first-order chi connectivity index (χ1) is 23.1. The number of rotatable bonds is 21. The molecule has 3 rings (SSSR count). The minimum absolute atomic E-state index is 0.110. The molecule has 0 fully saturated rings. The van der Waals surface area contributed by atoms with Gasteiger partial charge in [-0.3, -0.25) is 0 Å². The van der Waals surface area contributed by atoms with Gasteiger partial charge < -0.3 is 14.2 Å². The maximum atomic E-state index is 14.7. The summed E-state index contributed by atoms with van der Waals surface area (Å²) in [6.45, 7) is 4.75. The fourth-order valence-electron chi connectivity index (χ4n) is 5.01. The summed E-state index contributed by atoms with van der Waals surface area (Å²) >= 11 is 0. The first kappa shape index (κ1) is 38.4. The van der Waals surface area contributed by atoms with E-state index in [0.29, 0.717) is 36.2 Å². The third kappa shape index (κ3) is 13.2. The van der Waals surface area contributed by atoms with Crippen LogP contribution in [0, 0.1) is 5.82 Å². The number of esters is 2. The fourth-order valence-corrected chi connectivity index (χ4v) is 5.01. The van der Waals surface area contributed by atoms with E-state index in [1.165, 1.54) is 57.1 Å². The number of hydrogen-bond acceptors (Lipinski definition) is 7. The zero-order chi connectivity index (χ0) is 34.8. The maximum absolute atomic E-state index is 14.7. The summed E-state index contributed by atoms with van der Waals surface area (Å²) in [5, 5.41) is 0. The van der Waals surface area contributed by atoms with Crippen molar-refractivity contribution in [1.29, 1.82) is 0 Å². The second-order valence-electron chi connectivity index (χ2n) is 11.8. The molecule has 1 aromatic heterocycles. The van der Waals surface area contributed by atoms with E-state index in [-0.39, 0.29) is 18.4 Å². The monoisotopic (exact) mass is 674 g/mol. The lowest BCUT2D eigenvalue weighted by Crippen LogP contribution is -2.33. The molecule has 1 unspecified atom stereocenters. The van der Waals surface area contributed by atoms with Gasteiger partial charge in [-0.25, -0.2) is 23.9 Å². The van der Waals surface area contributed by atoms with E-state index in [1.54, 1.807) is 24.5 Å². The van der Waals surface area contributed by atoms with E-state index in [2.05, 4.69) is 21.6 Å². The van der Waals surface area contributed by atoms with Crippen LogP contribution >= 0.6 is 0 Å². The van der Waals surface area contributed by atoms with Gasteiger partial charge in [0.2, 0.25) is 0 Å². The molecule has 1 atom stereocenters. The predicted molar refractivity (Wildman–Crippen MR) is 176 cm³/mol. The Balaban J connectivity index is 1.47. The number of nitrogens with zero attached hydrogens (tertiary/aromatic N) is 2. The Hall–Kier alpha value is -4.02. The zero-order valence-electron chi connectivity index (χ0n) is 27.8. The van der Waals surface area contributed by atoms with E-state index in [9.17, 15) is 27.2 Å². The zero-order valence-corrected chi connectivity index (χ0v) is 27.8. The molecule has 0 aliphatic rings. The Morgan fingerprint density at radius 3 is 1.88 bits per heavy atom. The van der Waals surface area contributed by atoms with Crippen LogP contribution in [-0.4, -0.2) is 40.8 Å². The van der Waals surface area contributed by atoms with Crippen LogP contribution in [0.25, 0.3) is 11.4 Å². The summed E-state index contributed by atoms with van der Waals surface area (Å²) in [6, 6.07) is 8.89. The number of unbranched alkanes of at least 4 members (excludes halogenated alkanes) is 11. The van der Waals surface area contributed by atoms with Gasteiger partial charge in [0.25, 0.3) is 0 Å². The Labute approximate surface area is 280 Å². The summed E-state index contributed by atoms with van der Waals surface area (Å²) in [4.78, 5) is 33.7. The van der Waals surface area contributed by atoms with Gasteiger partial charge in [-0.2, -0.15) is 13.2 Å². The first-order valence-corrected chi connectivity index (χ1v) is 17.0. The van der Waals surface area contributed by atoms with Gasteiger partial charge in [0, 0.05) is 5.56 Å². The lowest BCUT2D eigenvalue weighted by atomic mass is 10.1. The molecule has 2 aromatic carbocycles. The van der Waals surface area contributed by atoms with E-state index < -0.39 is 41.3 Å². The molecule has 0 aliphatic heterocycles. The summed E-state index contributed by atoms with van der Waals surface area (Å²) < 4.78 is 70.4. The smallest absolute Gasteiger partial charge is 0.425 e. The Morgan fingerprint density at radius 1 is 0.729 bits per heavy atom. The van der Waals surface area contributed by atoms with Crippen molar-refractivity contribution >= 4 is 11.9 Å². The molecule has 0 saturated heterocycles. The summed E-state index contributed by atoms with van der Waals surface area (Å²) in [5.74, 6) is -2.79. The van der Waals surface area contributed by atoms with Gasteiger partial charge in [-0.05, 0) is 49.6 Å². The number of aromatic nitrogens is 2. The minimum atomic E-state index is -4.75. The molecule has 1 heterocycles. The second kappa shape index (κ2) is 20.4. The molecule has 11 heteroatoms. The number of carbonyl (C=O) groups is 2. The molecule has 0 saturated carbocycles. The molecule has 0 radical (unpaired) electrons. The van der Waals surface area contributed by atoms with Crippen LogP contribution in [0.4, 0.5) is 17.6 Å². The van der Waals surface area contributed by atoms with E-state index in [0.717, 1.165) is 37.8 Å². The van der Waals surface area contributed by atoms with Crippen LogP contribution in [0.2, 0.25) is 0 Å². The Kier molecular flexibility index (Phi) is 16.3. The highest BCUT2D eigenvalue weighted by Gasteiger charge is 2.42. The fraction of sp³-hybridized carbons (Fsp3) is 0.514. The third-order valence-electron chi connectivity index (χ3n) is 7.83. The van der Waals surface area contributed by atoms with Crippen LogP contribution in [0.15, 0.2) is 54.9 Å². The lowest BCUT2D eigenvalue weighted by molar-refractivity contribution is -0.206. The van der Waals surface area contributed by atoms with Crippen LogP contribution in [0.1, 0.15) is 124 Å². The van der Waals surface area contributed by atoms with E-state index in [4.69, 9.17) is 9.47 Å². The molecule has 7 nitrogen and oxygen atoms in total. The molecule has 0 spiro atoms. The molecule has 262 valence electrons. The SMILES string of the molecule is CCCCCCCCCCCOc1cnc(-c2ccc(C(=O)Oc3ccc(C(=O)OC(CCCCCC)C(F)(F)F)cc3F)cc2)nc1. The molecule has 48 heavy (non-hydrogen) atoms. The molecule has 0 N–H and O–H groups in total. The first-order valence-electron chi connectivity index (χ1n) is 17.0. The van der Waals surface area contributed by atoms with Crippen molar-refractivity contribution in [3.63, 3.8) is 0 Å². The van der Waals surface area contributed by atoms with Crippen molar-refractivity contribution in [2.45, 2.75) is 116 Å². The van der Waals surface area contributed by atoms with Crippen LogP contribution in [0.3, 0.4) is 0 Å². The Bertz CT molecular complexity index is 1400. The summed E-state index contributed by atoms with van der Waals surface area (Å²) in [7, 11) is 0. The summed E-state index contributed by atoms with van der Waals surface area (Å²) in [5.41, 5.74) is 0.312. The average molecular weight is 675 g/mol. The van der Waals surface area contributed by atoms with E-state index in [1.807, 2.05) is 6.92 Å². The molecule has 0 bridgehead atoms. The standard InChI is InChI=1S/C37H46F4N2O5/c1-3-5-7-9-10-11-12-13-15-23-46-30-25-42-34(43-26-30)27-17-19-28(20-18-27)35(44)47-32-22-21-29(24-31(32)38)36(45)48-33(37(39,40)41)16-14-8-6-4-2/h17-22,24-26,33H,3-16,23H2,1-2H3. The van der Waals surface area contributed by atoms with E-state index >= 15 is 0 Å². The molecule has 0 aliphatic carbocycles. The van der Waals surface area contributed by atoms with Gasteiger partial charge in [-0.15, -0.1) is 0 Å². The van der Waals surface area contributed by atoms with Gasteiger partial charge in [0.05, 0.1) is 30.1 Å². The van der Waals surface area contributed by atoms with Crippen molar-refractivity contribution in [3.05, 3.63) is 71.8 Å². The van der Waals surface area contributed by atoms with Crippen molar-refractivity contribution in [2.75, 3.05) is 6.61 Å². The highest BCUT2D eigenvalue weighted by molar-refractivity contribution is 5.92.